The summed E-state index contributed by atoms with van der Waals surface area (Å²) in [5, 5.41) is 22.3. The number of rotatable bonds is 6. The van der Waals surface area contributed by atoms with E-state index in [-0.39, 0.29) is 17.3 Å². The van der Waals surface area contributed by atoms with Crippen molar-refractivity contribution < 1.29 is 13.9 Å². The monoisotopic (exact) mass is 434 g/mol. The number of nitriles is 1. The van der Waals surface area contributed by atoms with Crippen molar-refractivity contribution in [3.63, 3.8) is 0 Å². The average molecular weight is 434 g/mol. The molecule has 3 rings (SSSR count). The summed E-state index contributed by atoms with van der Waals surface area (Å²) in [7, 11) is 1.58. The number of carbonyl (C=O) groups is 1. The molecule has 32 heavy (non-hydrogen) atoms. The highest BCUT2D eigenvalue weighted by Crippen LogP contribution is 2.20. The Bertz CT molecular complexity index is 1160. The van der Waals surface area contributed by atoms with Gasteiger partial charge in [-0.15, -0.1) is 0 Å². The number of nitrogens with zero attached hydrogens (tertiary/aromatic N) is 3. The number of nitrogens with one attached hydrogen (secondary N) is 3. The Balaban J connectivity index is 1.87. The molecule has 0 fully saturated rings. The van der Waals surface area contributed by atoms with Gasteiger partial charge >= 0.3 is 0 Å². The zero-order valence-electron chi connectivity index (χ0n) is 17.9. The fourth-order valence-electron chi connectivity index (χ4n) is 2.97. The second-order valence-corrected chi connectivity index (χ2v) is 7.70. The molecule has 1 aromatic heterocycles. The van der Waals surface area contributed by atoms with Gasteiger partial charge in [0.15, 0.2) is 0 Å². The van der Waals surface area contributed by atoms with E-state index in [2.05, 4.69) is 25.8 Å². The highest BCUT2D eigenvalue weighted by Gasteiger charge is 2.21. The van der Waals surface area contributed by atoms with Gasteiger partial charge < -0.3 is 15.4 Å². The summed E-state index contributed by atoms with van der Waals surface area (Å²) >= 11 is 0. The number of halogens is 1. The largest absolute Gasteiger partial charge is 0.382 e. The van der Waals surface area contributed by atoms with Crippen molar-refractivity contribution >= 4 is 17.7 Å². The molecule has 3 N–H and O–H groups in total. The van der Waals surface area contributed by atoms with Gasteiger partial charge in [0.1, 0.15) is 11.6 Å². The number of aliphatic imine (C=N–C) groups is 1. The predicted octanol–water partition coefficient (Wildman–Crippen LogP) is 3.71. The minimum absolute atomic E-state index is 0.175. The van der Waals surface area contributed by atoms with Crippen LogP contribution in [-0.2, 0) is 4.74 Å². The van der Waals surface area contributed by atoms with Crippen LogP contribution < -0.4 is 10.6 Å². The molecular formula is C23H23FN6O2. The Kier molecular flexibility index (Phi) is 6.97. The molecular weight excluding hydrogens is 411 g/mol. The van der Waals surface area contributed by atoms with E-state index in [9.17, 15) is 9.18 Å². The number of hydrogen-bond donors (Lipinski definition) is 3. The number of anilines is 1. The van der Waals surface area contributed by atoms with Gasteiger partial charge in [-0.2, -0.15) is 15.4 Å². The number of aromatic nitrogens is 2. The van der Waals surface area contributed by atoms with Crippen LogP contribution in [0.2, 0.25) is 0 Å². The summed E-state index contributed by atoms with van der Waals surface area (Å²) in [6.07, 6.45) is 0. The van der Waals surface area contributed by atoms with E-state index in [0.29, 0.717) is 23.7 Å². The number of guanidine groups is 1. The Morgan fingerprint density at radius 3 is 2.69 bits per heavy atom. The highest BCUT2D eigenvalue weighted by atomic mass is 19.1. The summed E-state index contributed by atoms with van der Waals surface area (Å²) in [6.45, 7) is 4.15. The Hall–Kier alpha value is -4.03. The fourth-order valence-corrected chi connectivity index (χ4v) is 2.97. The lowest BCUT2D eigenvalue weighted by Crippen LogP contribution is -2.49. The molecule has 2 aromatic carbocycles. The molecule has 8 nitrogen and oxygen atoms in total. The number of carbonyl (C=O) groups excluding carboxylic acids is 1. The van der Waals surface area contributed by atoms with Crippen LogP contribution >= 0.6 is 0 Å². The summed E-state index contributed by atoms with van der Waals surface area (Å²) in [5.41, 5.74) is 1.43. The number of benzene rings is 2. The van der Waals surface area contributed by atoms with E-state index in [4.69, 9.17) is 10.00 Å². The van der Waals surface area contributed by atoms with Gasteiger partial charge in [0, 0.05) is 24.3 Å². The highest BCUT2D eigenvalue weighted by molar-refractivity contribution is 6.06. The third kappa shape index (κ3) is 6.00. The predicted molar refractivity (Wildman–Crippen MR) is 120 cm³/mol. The molecule has 1 heterocycles. The lowest BCUT2D eigenvalue weighted by Gasteiger charge is -2.27. The van der Waals surface area contributed by atoms with Crippen LogP contribution in [0.5, 0.6) is 0 Å². The molecule has 0 aliphatic carbocycles. The van der Waals surface area contributed by atoms with Crippen molar-refractivity contribution in [2.24, 2.45) is 4.99 Å². The molecule has 0 spiro atoms. The molecule has 0 saturated carbocycles. The van der Waals surface area contributed by atoms with E-state index in [1.54, 1.807) is 43.5 Å². The van der Waals surface area contributed by atoms with Gasteiger partial charge in [-0.1, -0.05) is 6.07 Å². The first-order valence-electron chi connectivity index (χ1n) is 9.78. The molecule has 0 saturated heterocycles. The summed E-state index contributed by atoms with van der Waals surface area (Å²) in [5.74, 6) is -0.208. The zero-order valence-corrected chi connectivity index (χ0v) is 17.9. The smallest absolute Gasteiger partial charge is 0.280 e. The normalized spacial score (nSPS) is 11.7. The number of amides is 1. The van der Waals surface area contributed by atoms with Crippen molar-refractivity contribution in [2.45, 2.75) is 19.4 Å². The molecule has 0 unspecified atom stereocenters. The van der Waals surface area contributed by atoms with Crippen LogP contribution in [0.1, 0.15) is 29.8 Å². The molecule has 9 heteroatoms. The lowest BCUT2D eigenvalue weighted by atomic mass is 10.1. The van der Waals surface area contributed by atoms with Crippen LogP contribution in [0.15, 0.2) is 59.6 Å². The third-order valence-electron chi connectivity index (χ3n) is 4.38. The van der Waals surface area contributed by atoms with Crippen molar-refractivity contribution in [3.8, 4) is 17.3 Å². The molecule has 0 bridgehead atoms. The van der Waals surface area contributed by atoms with Crippen molar-refractivity contribution in [3.05, 3.63) is 71.5 Å². The second kappa shape index (κ2) is 9.85. The van der Waals surface area contributed by atoms with Crippen molar-refractivity contribution in [2.75, 3.05) is 19.0 Å². The summed E-state index contributed by atoms with van der Waals surface area (Å²) in [4.78, 5) is 16.9. The lowest BCUT2D eigenvalue weighted by molar-refractivity contribution is 0.100. The first kappa shape index (κ1) is 22.7. The summed E-state index contributed by atoms with van der Waals surface area (Å²) in [6, 6.07) is 16.0. The third-order valence-corrected chi connectivity index (χ3v) is 4.38. The minimum atomic E-state index is -0.546. The van der Waals surface area contributed by atoms with Gasteiger partial charge in [0.05, 0.1) is 29.5 Å². The molecule has 0 aliphatic heterocycles. The molecule has 0 aliphatic rings. The van der Waals surface area contributed by atoms with E-state index >= 15 is 0 Å². The van der Waals surface area contributed by atoms with Gasteiger partial charge in [-0.05, 0) is 56.3 Å². The Labute approximate surface area is 185 Å². The van der Waals surface area contributed by atoms with E-state index < -0.39 is 11.4 Å². The maximum absolute atomic E-state index is 13.2. The number of ether oxygens (including phenoxy) is 1. The van der Waals surface area contributed by atoms with Crippen LogP contribution in [0.3, 0.4) is 0 Å². The van der Waals surface area contributed by atoms with E-state index in [0.717, 1.165) is 5.56 Å². The van der Waals surface area contributed by atoms with Crippen LogP contribution in [0, 0.1) is 17.1 Å². The number of aromatic amines is 1. The van der Waals surface area contributed by atoms with Gasteiger partial charge in [-0.3, -0.25) is 9.89 Å². The molecule has 0 radical (unpaired) electrons. The Morgan fingerprint density at radius 1 is 1.25 bits per heavy atom. The summed E-state index contributed by atoms with van der Waals surface area (Å²) < 4.78 is 18.4. The Morgan fingerprint density at radius 2 is 2.00 bits per heavy atom. The number of H-pyrrole nitrogens is 1. The van der Waals surface area contributed by atoms with E-state index in [1.165, 1.54) is 18.2 Å². The van der Waals surface area contributed by atoms with Crippen molar-refractivity contribution in [1.29, 1.82) is 5.26 Å². The maximum atomic E-state index is 13.2. The van der Waals surface area contributed by atoms with Gasteiger partial charge in [0.2, 0.25) is 5.96 Å². The quantitative estimate of drug-likeness (QED) is 0.402. The van der Waals surface area contributed by atoms with Gasteiger partial charge in [0.25, 0.3) is 5.91 Å². The van der Waals surface area contributed by atoms with Crippen LogP contribution in [-0.4, -0.2) is 41.3 Å². The molecule has 164 valence electrons. The molecule has 1 amide bonds. The number of hydrogen-bond acceptors (Lipinski definition) is 4. The first-order valence-corrected chi connectivity index (χ1v) is 9.78. The van der Waals surface area contributed by atoms with Gasteiger partial charge in [-0.25, -0.2) is 4.39 Å². The van der Waals surface area contributed by atoms with Crippen molar-refractivity contribution in [1.82, 2.24) is 15.5 Å². The zero-order chi connectivity index (χ0) is 23.1. The first-order chi connectivity index (χ1) is 15.3. The SMILES string of the molecule is COCC(C)(C)N/C(=N/C(=O)c1cccc(C#N)c1)Nc1cc(-c2ccc(F)cc2)n[nH]1. The second-order valence-electron chi connectivity index (χ2n) is 7.70. The standard InChI is InChI=1S/C23H23FN6O2/c1-23(2,14-32-3)28-22(27-21(31)17-6-4-5-15(11-17)13-25)26-20-12-19(29-30-20)16-7-9-18(24)10-8-16/h4-12H,14H2,1-3H3,(H3,26,27,28,29,30,31). The molecule has 0 atom stereocenters. The minimum Gasteiger partial charge on any atom is -0.382 e. The maximum Gasteiger partial charge on any atom is 0.280 e. The average Bonchev–Trinajstić information content (AvgIpc) is 3.22. The van der Waals surface area contributed by atoms with E-state index in [1.807, 2.05) is 19.9 Å². The van der Waals surface area contributed by atoms with Crippen LogP contribution in [0.25, 0.3) is 11.3 Å². The topological polar surface area (TPSA) is 115 Å². The van der Waals surface area contributed by atoms with Crippen LogP contribution in [0.4, 0.5) is 10.2 Å². The molecule has 3 aromatic rings. The fraction of sp³-hybridized carbons (Fsp3) is 0.217. The number of methoxy groups -OCH3 is 1.